The molecule has 6 rings (SSSR count). The molecule has 2 aromatic heterocycles. The average molecular weight is 587 g/mol. The molecule has 1 unspecified atom stereocenters. The van der Waals surface area contributed by atoms with Gasteiger partial charge < -0.3 is 19.3 Å². The van der Waals surface area contributed by atoms with E-state index in [0.29, 0.717) is 25.7 Å². The van der Waals surface area contributed by atoms with E-state index in [1.54, 1.807) is 32.8 Å². The minimum atomic E-state index is -0.224. The summed E-state index contributed by atoms with van der Waals surface area (Å²) < 4.78 is 15.6. The van der Waals surface area contributed by atoms with Crippen LogP contribution in [0.25, 0.3) is 5.69 Å². The van der Waals surface area contributed by atoms with Crippen LogP contribution < -0.4 is 20.2 Å². The Balaban J connectivity index is 0.981. The fourth-order valence-corrected chi connectivity index (χ4v) is 6.08. The molecule has 2 aliphatic heterocycles. The van der Waals surface area contributed by atoms with E-state index in [-0.39, 0.29) is 17.3 Å². The van der Waals surface area contributed by atoms with Crippen LogP contribution in [0.15, 0.2) is 72.0 Å². The fourth-order valence-electron chi connectivity index (χ4n) is 6.08. The van der Waals surface area contributed by atoms with E-state index in [4.69, 9.17) is 9.47 Å². The Labute approximate surface area is 252 Å². The van der Waals surface area contributed by atoms with Crippen LogP contribution in [0.3, 0.4) is 0 Å². The van der Waals surface area contributed by atoms with E-state index < -0.39 is 0 Å². The lowest BCUT2D eigenvalue weighted by Crippen LogP contribution is -2.46. The highest BCUT2D eigenvalue weighted by Gasteiger charge is 2.40. The lowest BCUT2D eigenvalue weighted by molar-refractivity contribution is -0.0191. The number of rotatable bonds is 11. The van der Waals surface area contributed by atoms with Gasteiger partial charge in [0.2, 0.25) is 0 Å². The first kappa shape index (κ1) is 29.0. The molecule has 0 amide bonds. The number of nitrogens with zero attached hydrogens (tertiary/aromatic N) is 8. The number of anilines is 2. The molecule has 11 nitrogen and oxygen atoms in total. The monoisotopic (exact) mass is 586 g/mol. The molecule has 0 aliphatic carbocycles. The summed E-state index contributed by atoms with van der Waals surface area (Å²) in [6.07, 6.45) is 7.75. The second kappa shape index (κ2) is 12.6. The Bertz CT molecular complexity index is 1510. The van der Waals surface area contributed by atoms with Crippen molar-refractivity contribution in [1.82, 2.24) is 29.3 Å². The zero-order valence-electron chi connectivity index (χ0n) is 25.4. The van der Waals surface area contributed by atoms with Crippen LogP contribution in [0.2, 0.25) is 0 Å². The molecule has 2 saturated heterocycles. The molecule has 228 valence electrons. The summed E-state index contributed by atoms with van der Waals surface area (Å²) in [5.74, 6) is 1.24. The van der Waals surface area contributed by atoms with Crippen LogP contribution in [0.1, 0.15) is 46.1 Å². The zero-order chi connectivity index (χ0) is 29.8. The first-order valence-corrected chi connectivity index (χ1v) is 15.4. The Hall–Kier alpha value is -4.12. The standard InChI is InChI=1S/C32H42N8O3/c1-4-25(3)40-31(41)38(24-35-40)29-8-6-27(7-9-29)36-16-18-37(19-17-36)28-10-12-30(13-11-28)42-21-26-20-32(5-2,43-22-26)23-39-33-14-15-34-39/h6-15,24-26H,4-5,16-23H2,1-3H3/t25?,26-,32+/m0/s1. The minimum Gasteiger partial charge on any atom is -0.493 e. The van der Waals surface area contributed by atoms with E-state index >= 15 is 0 Å². The lowest BCUT2D eigenvalue weighted by atomic mass is 9.92. The van der Waals surface area contributed by atoms with E-state index in [1.807, 2.05) is 19.1 Å². The molecule has 2 fully saturated rings. The van der Waals surface area contributed by atoms with E-state index in [9.17, 15) is 4.79 Å². The molecule has 43 heavy (non-hydrogen) atoms. The normalized spacial score (nSPS) is 21.3. The van der Waals surface area contributed by atoms with Crippen LogP contribution in [0.4, 0.5) is 11.4 Å². The van der Waals surface area contributed by atoms with Crippen molar-refractivity contribution in [1.29, 1.82) is 0 Å². The predicted molar refractivity (Wildman–Crippen MR) is 166 cm³/mol. The summed E-state index contributed by atoms with van der Waals surface area (Å²) in [5, 5.41) is 12.8. The highest BCUT2D eigenvalue weighted by Crippen LogP contribution is 2.35. The summed E-state index contributed by atoms with van der Waals surface area (Å²) >= 11 is 0. The van der Waals surface area contributed by atoms with Crippen molar-refractivity contribution >= 4 is 11.4 Å². The van der Waals surface area contributed by atoms with E-state index in [2.05, 4.69) is 75.3 Å². The van der Waals surface area contributed by atoms with Gasteiger partial charge >= 0.3 is 5.69 Å². The first-order chi connectivity index (χ1) is 21.0. The van der Waals surface area contributed by atoms with Gasteiger partial charge in [0.1, 0.15) is 12.1 Å². The second-order valence-corrected chi connectivity index (χ2v) is 11.8. The molecule has 4 aromatic rings. The van der Waals surface area contributed by atoms with Crippen molar-refractivity contribution in [2.45, 2.75) is 58.2 Å². The molecule has 0 radical (unpaired) electrons. The van der Waals surface area contributed by atoms with Gasteiger partial charge in [0.15, 0.2) is 0 Å². The Morgan fingerprint density at radius 2 is 1.51 bits per heavy atom. The van der Waals surface area contributed by atoms with Gasteiger partial charge in [0, 0.05) is 43.5 Å². The maximum Gasteiger partial charge on any atom is 0.350 e. The fraction of sp³-hybridized carbons (Fsp3) is 0.500. The van der Waals surface area contributed by atoms with Crippen molar-refractivity contribution in [3.8, 4) is 11.4 Å². The highest BCUT2D eigenvalue weighted by atomic mass is 16.5. The van der Waals surface area contributed by atoms with Crippen molar-refractivity contribution < 1.29 is 9.47 Å². The van der Waals surface area contributed by atoms with Crippen LogP contribution in [-0.4, -0.2) is 74.3 Å². The molecular weight excluding hydrogens is 544 g/mol. The summed E-state index contributed by atoms with van der Waals surface area (Å²) in [4.78, 5) is 19.3. The maximum atomic E-state index is 12.8. The maximum absolute atomic E-state index is 12.8. The zero-order valence-corrected chi connectivity index (χ0v) is 25.4. The quantitative estimate of drug-likeness (QED) is 0.258. The third-order valence-electron chi connectivity index (χ3n) is 8.99. The molecule has 2 aromatic carbocycles. The van der Waals surface area contributed by atoms with Gasteiger partial charge in [-0.25, -0.2) is 14.0 Å². The summed E-state index contributed by atoms with van der Waals surface area (Å²) in [6, 6.07) is 16.7. The summed E-state index contributed by atoms with van der Waals surface area (Å²) in [6.45, 7) is 12.0. The molecule has 0 bridgehead atoms. The minimum absolute atomic E-state index is 0.0821. The summed E-state index contributed by atoms with van der Waals surface area (Å²) in [7, 11) is 0. The van der Waals surface area contributed by atoms with Crippen LogP contribution in [0.5, 0.6) is 5.75 Å². The largest absolute Gasteiger partial charge is 0.493 e. The Kier molecular flexibility index (Phi) is 8.51. The highest BCUT2D eigenvalue weighted by molar-refractivity contribution is 5.54. The molecule has 4 heterocycles. The SMILES string of the molecule is CCC(C)n1ncn(-c2ccc(N3CCN(c4ccc(OC[C@H]5CO[C@@](CC)(Cn6nccn6)C5)cc4)CC3)cc2)c1=O. The number of hydrogen-bond donors (Lipinski definition) is 0. The number of hydrogen-bond acceptors (Lipinski definition) is 8. The van der Waals surface area contributed by atoms with Gasteiger partial charge in [-0.15, -0.1) is 0 Å². The molecule has 0 spiro atoms. The second-order valence-electron chi connectivity index (χ2n) is 11.8. The molecular formula is C32H42N8O3. The molecule has 0 N–H and O–H groups in total. The van der Waals surface area contributed by atoms with Crippen molar-refractivity contribution in [2.75, 3.05) is 49.2 Å². The average Bonchev–Trinajstić information content (AvgIpc) is 3.81. The molecule has 3 atom stereocenters. The number of piperazine rings is 1. The lowest BCUT2D eigenvalue weighted by Gasteiger charge is -2.37. The molecule has 0 saturated carbocycles. The smallest absolute Gasteiger partial charge is 0.350 e. The van der Waals surface area contributed by atoms with Crippen LogP contribution in [-0.2, 0) is 11.3 Å². The van der Waals surface area contributed by atoms with E-state index in [0.717, 1.165) is 56.9 Å². The van der Waals surface area contributed by atoms with Crippen LogP contribution in [0, 0.1) is 5.92 Å². The van der Waals surface area contributed by atoms with Gasteiger partial charge in [0.05, 0.1) is 49.5 Å². The first-order valence-electron chi connectivity index (χ1n) is 15.4. The molecule has 2 aliphatic rings. The number of ether oxygens (including phenoxy) is 2. The summed E-state index contributed by atoms with van der Waals surface area (Å²) in [5.41, 5.74) is 2.88. The van der Waals surface area contributed by atoms with Gasteiger partial charge in [-0.2, -0.15) is 20.1 Å². The number of aromatic nitrogens is 6. The van der Waals surface area contributed by atoms with E-state index in [1.165, 1.54) is 11.4 Å². The van der Waals surface area contributed by atoms with Crippen molar-refractivity contribution in [3.05, 3.63) is 77.7 Å². The molecule has 11 heteroatoms. The van der Waals surface area contributed by atoms with Gasteiger partial charge in [-0.1, -0.05) is 13.8 Å². The van der Waals surface area contributed by atoms with Gasteiger partial charge in [-0.05, 0) is 74.7 Å². The van der Waals surface area contributed by atoms with Crippen LogP contribution >= 0.6 is 0 Å². The Morgan fingerprint density at radius 3 is 2.12 bits per heavy atom. The van der Waals surface area contributed by atoms with Crippen molar-refractivity contribution in [3.63, 3.8) is 0 Å². The van der Waals surface area contributed by atoms with Crippen molar-refractivity contribution in [2.24, 2.45) is 5.92 Å². The van der Waals surface area contributed by atoms with Gasteiger partial charge in [0.25, 0.3) is 0 Å². The number of benzene rings is 2. The topological polar surface area (TPSA) is 95.5 Å². The third-order valence-corrected chi connectivity index (χ3v) is 8.99. The van der Waals surface area contributed by atoms with Gasteiger partial charge in [-0.3, -0.25) is 0 Å². The predicted octanol–water partition coefficient (Wildman–Crippen LogP) is 4.19. The Morgan fingerprint density at radius 1 is 0.907 bits per heavy atom. The third kappa shape index (κ3) is 6.31.